The Balaban J connectivity index is 1.99. The van der Waals surface area contributed by atoms with Crippen molar-refractivity contribution >= 4 is 21.8 Å². The lowest BCUT2D eigenvalue weighted by Gasteiger charge is -2.16. The molecule has 1 saturated heterocycles. The summed E-state index contributed by atoms with van der Waals surface area (Å²) >= 11 is 3.40. The Hall–Kier alpha value is -0.850. The van der Waals surface area contributed by atoms with Crippen LogP contribution in [0.4, 0.5) is 0 Å². The number of carbonyl (C=O) groups is 1. The standard InChI is InChI=1S/C13H20BrN3O2/c1-8(2)17-7-10(14)3-11(17)13(19)16-5-9-4-15-6-12(9)18/h3,7-9,12,15,18H,4-6H2,1-2H3,(H,16,19). The summed E-state index contributed by atoms with van der Waals surface area (Å²) in [7, 11) is 0. The third-order valence-electron chi connectivity index (χ3n) is 3.43. The van der Waals surface area contributed by atoms with Crippen molar-refractivity contribution in [2.75, 3.05) is 19.6 Å². The molecule has 2 rings (SSSR count). The molecule has 0 spiro atoms. The van der Waals surface area contributed by atoms with Crippen LogP contribution in [0.5, 0.6) is 0 Å². The Morgan fingerprint density at radius 1 is 1.63 bits per heavy atom. The van der Waals surface area contributed by atoms with E-state index in [9.17, 15) is 9.90 Å². The highest BCUT2D eigenvalue weighted by Crippen LogP contribution is 2.19. The number of aliphatic hydroxyl groups excluding tert-OH is 1. The number of rotatable bonds is 4. The first kappa shape index (κ1) is 14.6. The minimum atomic E-state index is -0.371. The Labute approximate surface area is 121 Å². The van der Waals surface area contributed by atoms with Gasteiger partial charge in [-0.15, -0.1) is 0 Å². The first-order valence-electron chi connectivity index (χ1n) is 6.53. The summed E-state index contributed by atoms with van der Waals surface area (Å²) in [6.07, 6.45) is 1.54. The number of carbonyl (C=O) groups excluding carboxylic acids is 1. The molecule has 2 heterocycles. The maximum atomic E-state index is 12.2. The van der Waals surface area contributed by atoms with Gasteiger partial charge in [0, 0.05) is 42.3 Å². The molecule has 1 fully saturated rings. The maximum Gasteiger partial charge on any atom is 0.267 e. The highest BCUT2D eigenvalue weighted by atomic mass is 79.9. The molecule has 0 bridgehead atoms. The van der Waals surface area contributed by atoms with Gasteiger partial charge in [-0.2, -0.15) is 0 Å². The summed E-state index contributed by atoms with van der Waals surface area (Å²) in [5.41, 5.74) is 0.641. The number of hydrogen-bond acceptors (Lipinski definition) is 3. The van der Waals surface area contributed by atoms with Crippen molar-refractivity contribution in [2.45, 2.75) is 26.0 Å². The number of aromatic nitrogens is 1. The van der Waals surface area contributed by atoms with Gasteiger partial charge in [0.25, 0.3) is 5.91 Å². The van der Waals surface area contributed by atoms with E-state index in [4.69, 9.17) is 0 Å². The highest BCUT2D eigenvalue weighted by molar-refractivity contribution is 9.10. The Kier molecular flexibility index (Phi) is 4.65. The van der Waals surface area contributed by atoms with Crippen molar-refractivity contribution < 1.29 is 9.90 Å². The van der Waals surface area contributed by atoms with Crippen LogP contribution in [0.1, 0.15) is 30.4 Å². The number of hydrogen-bond donors (Lipinski definition) is 3. The van der Waals surface area contributed by atoms with Gasteiger partial charge in [-0.1, -0.05) is 0 Å². The summed E-state index contributed by atoms with van der Waals surface area (Å²) in [6, 6.07) is 2.05. The van der Waals surface area contributed by atoms with E-state index in [1.54, 1.807) is 0 Å². The lowest BCUT2D eigenvalue weighted by atomic mass is 10.1. The molecule has 2 unspecified atom stereocenters. The Bertz CT molecular complexity index is 459. The van der Waals surface area contributed by atoms with E-state index in [1.807, 2.05) is 30.7 Å². The summed E-state index contributed by atoms with van der Waals surface area (Å²) in [5.74, 6) is -0.00615. The van der Waals surface area contributed by atoms with E-state index in [1.165, 1.54) is 0 Å². The molecule has 2 atom stereocenters. The minimum Gasteiger partial charge on any atom is -0.391 e. The quantitative estimate of drug-likeness (QED) is 0.776. The van der Waals surface area contributed by atoms with E-state index in [0.717, 1.165) is 11.0 Å². The number of nitrogens with one attached hydrogen (secondary N) is 2. The first-order valence-corrected chi connectivity index (χ1v) is 7.32. The average molecular weight is 330 g/mol. The molecule has 0 saturated carbocycles. The summed E-state index contributed by atoms with van der Waals surface area (Å²) in [6.45, 7) is 5.92. The van der Waals surface area contributed by atoms with E-state index in [-0.39, 0.29) is 24.0 Å². The SMILES string of the molecule is CC(C)n1cc(Br)cc1C(=O)NCC1CNCC1O. The second-order valence-electron chi connectivity index (χ2n) is 5.24. The normalized spacial score (nSPS) is 23.0. The third kappa shape index (κ3) is 3.38. The van der Waals surface area contributed by atoms with Crippen LogP contribution in [0.25, 0.3) is 0 Å². The van der Waals surface area contributed by atoms with E-state index >= 15 is 0 Å². The maximum absolute atomic E-state index is 12.2. The van der Waals surface area contributed by atoms with Gasteiger partial charge in [0.15, 0.2) is 0 Å². The average Bonchev–Trinajstić information content (AvgIpc) is 2.92. The number of nitrogens with zero attached hydrogens (tertiary/aromatic N) is 1. The number of β-amino-alcohol motifs (C(OH)–C–C–N with tert-alkyl or cyclic N) is 1. The van der Waals surface area contributed by atoms with E-state index in [0.29, 0.717) is 18.8 Å². The van der Waals surface area contributed by atoms with Gasteiger partial charge in [-0.05, 0) is 35.8 Å². The Morgan fingerprint density at radius 3 is 2.95 bits per heavy atom. The zero-order valence-electron chi connectivity index (χ0n) is 11.2. The van der Waals surface area contributed by atoms with Crippen LogP contribution in [0, 0.1) is 5.92 Å². The zero-order valence-corrected chi connectivity index (χ0v) is 12.8. The number of amides is 1. The van der Waals surface area contributed by atoms with Gasteiger partial charge in [-0.3, -0.25) is 4.79 Å². The summed E-state index contributed by atoms with van der Waals surface area (Å²) in [5, 5.41) is 15.7. The molecule has 19 heavy (non-hydrogen) atoms. The largest absolute Gasteiger partial charge is 0.391 e. The molecule has 1 aliphatic heterocycles. The van der Waals surface area contributed by atoms with Crippen LogP contribution in [0.3, 0.4) is 0 Å². The van der Waals surface area contributed by atoms with Crippen molar-refractivity contribution in [3.8, 4) is 0 Å². The third-order valence-corrected chi connectivity index (χ3v) is 3.87. The van der Waals surface area contributed by atoms with Crippen molar-refractivity contribution in [2.24, 2.45) is 5.92 Å². The molecule has 5 nitrogen and oxygen atoms in total. The molecule has 6 heteroatoms. The van der Waals surface area contributed by atoms with Crippen LogP contribution in [0.15, 0.2) is 16.7 Å². The molecule has 106 valence electrons. The fourth-order valence-corrected chi connectivity index (χ4v) is 2.73. The lowest BCUT2D eigenvalue weighted by Crippen LogP contribution is -2.35. The second kappa shape index (κ2) is 6.07. The summed E-state index contributed by atoms with van der Waals surface area (Å²) in [4.78, 5) is 12.2. The first-order chi connectivity index (χ1) is 8.99. The predicted octanol–water partition coefficient (Wildman–Crippen LogP) is 1.14. The lowest BCUT2D eigenvalue weighted by molar-refractivity contribution is 0.0916. The zero-order chi connectivity index (χ0) is 14.0. The molecule has 1 amide bonds. The van der Waals surface area contributed by atoms with Gasteiger partial charge < -0.3 is 20.3 Å². The molecular weight excluding hydrogens is 310 g/mol. The smallest absolute Gasteiger partial charge is 0.267 e. The van der Waals surface area contributed by atoms with Gasteiger partial charge >= 0.3 is 0 Å². The molecular formula is C13H20BrN3O2. The van der Waals surface area contributed by atoms with Crippen LogP contribution in [0.2, 0.25) is 0 Å². The van der Waals surface area contributed by atoms with Crippen LogP contribution >= 0.6 is 15.9 Å². The Morgan fingerprint density at radius 2 is 2.37 bits per heavy atom. The number of aliphatic hydroxyl groups is 1. The fourth-order valence-electron chi connectivity index (χ4n) is 2.30. The molecule has 1 aromatic rings. The topological polar surface area (TPSA) is 66.3 Å². The van der Waals surface area contributed by atoms with Gasteiger partial charge in [0.2, 0.25) is 0 Å². The van der Waals surface area contributed by atoms with Crippen LogP contribution in [-0.4, -0.2) is 41.3 Å². The van der Waals surface area contributed by atoms with E-state index < -0.39 is 0 Å². The number of halogens is 1. The molecule has 1 aromatic heterocycles. The van der Waals surface area contributed by atoms with Crippen LogP contribution < -0.4 is 10.6 Å². The van der Waals surface area contributed by atoms with Gasteiger partial charge in [-0.25, -0.2) is 0 Å². The molecule has 0 aromatic carbocycles. The monoisotopic (exact) mass is 329 g/mol. The van der Waals surface area contributed by atoms with E-state index in [2.05, 4.69) is 26.6 Å². The molecule has 0 aliphatic carbocycles. The van der Waals surface area contributed by atoms with Crippen molar-refractivity contribution in [3.63, 3.8) is 0 Å². The second-order valence-corrected chi connectivity index (χ2v) is 6.16. The molecule has 0 radical (unpaired) electrons. The van der Waals surface area contributed by atoms with Crippen molar-refractivity contribution in [3.05, 3.63) is 22.4 Å². The molecule has 3 N–H and O–H groups in total. The summed E-state index contributed by atoms with van der Waals surface area (Å²) < 4.78 is 2.83. The highest BCUT2D eigenvalue weighted by Gasteiger charge is 2.25. The minimum absolute atomic E-state index is 0.0925. The van der Waals surface area contributed by atoms with Crippen molar-refractivity contribution in [1.29, 1.82) is 0 Å². The van der Waals surface area contributed by atoms with Gasteiger partial charge in [0.1, 0.15) is 5.69 Å². The molecule has 1 aliphatic rings. The van der Waals surface area contributed by atoms with Gasteiger partial charge in [0.05, 0.1) is 6.10 Å². The van der Waals surface area contributed by atoms with Crippen LogP contribution in [-0.2, 0) is 0 Å². The fraction of sp³-hybridized carbons (Fsp3) is 0.615. The predicted molar refractivity (Wildman–Crippen MR) is 77.2 cm³/mol. The van der Waals surface area contributed by atoms with Crippen molar-refractivity contribution in [1.82, 2.24) is 15.2 Å².